The SMILES string of the molecule is CC(C)n1nc(C(=O)NNC(=O)C2(c3ccc(Br)cc3)CCC2)c2ccccc2c1=O. The van der Waals surface area contributed by atoms with E-state index >= 15 is 0 Å². The summed E-state index contributed by atoms with van der Waals surface area (Å²) in [5.41, 5.74) is 5.20. The highest BCUT2D eigenvalue weighted by atomic mass is 79.9. The first-order valence-corrected chi connectivity index (χ1v) is 11.0. The number of amides is 2. The van der Waals surface area contributed by atoms with Crippen molar-refractivity contribution in [1.82, 2.24) is 20.6 Å². The number of carbonyl (C=O) groups excluding carboxylic acids is 2. The van der Waals surface area contributed by atoms with Gasteiger partial charge in [0, 0.05) is 9.86 Å². The summed E-state index contributed by atoms with van der Waals surface area (Å²) in [4.78, 5) is 38.7. The molecular formula is C23H23BrN4O3. The second-order valence-electron chi connectivity index (χ2n) is 8.09. The molecular weight excluding hydrogens is 460 g/mol. The minimum absolute atomic E-state index is 0.0931. The van der Waals surface area contributed by atoms with Crippen LogP contribution in [0, 0.1) is 0 Å². The Bertz CT molecular complexity index is 1210. The van der Waals surface area contributed by atoms with E-state index in [0.29, 0.717) is 10.8 Å². The third kappa shape index (κ3) is 3.76. The lowest BCUT2D eigenvalue weighted by molar-refractivity contribution is -0.130. The summed E-state index contributed by atoms with van der Waals surface area (Å²) in [5, 5.41) is 5.13. The molecule has 0 spiro atoms. The number of rotatable bonds is 4. The van der Waals surface area contributed by atoms with Crippen molar-refractivity contribution in [3.8, 4) is 0 Å². The van der Waals surface area contributed by atoms with Crippen molar-refractivity contribution in [2.75, 3.05) is 0 Å². The standard InChI is InChI=1S/C23H23BrN4O3/c1-14(2)28-21(30)18-7-4-3-6-17(18)19(27-28)20(29)25-26-22(31)23(12-5-13-23)15-8-10-16(24)11-9-15/h3-4,6-11,14H,5,12-13H2,1-2H3,(H,25,29)(H,26,31). The topological polar surface area (TPSA) is 93.1 Å². The minimum Gasteiger partial charge on any atom is -0.272 e. The van der Waals surface area contributed by atoms with Gasteiger partial charge < -0.3 is 0 Å². The van der Waals surface area contributed by atoms with E-state index in [1.54, 1.807) is 24.3 Å². The number of benzene rings is 2. The summed E-state index contributed by atoms with van der Waals surface area (Å²) in [7, 11) is 0. The number of hydrazine groups is 1. The molecule has 1 heterocycles. The first-order valence-electron chi connectivity index (χ1n) is 10.2. The summed E-state index contributed by atoms with van der Waals surface area (Å²) in [6, 6.07) is 14.3. The average molecular weight is 483 g/mol. The van der Waals surface area contributed by atoms with Crippen LogP contribution in [0.1, 0.15) is 55.2 Å². The van der Waals surface area contributed by atoms with Crippen LogP contribution in [0.2, 0.25) is 0 Å². The Morgan fingerprint density at radius 2 is 1.68 bits per heavy atom. The molecule has 3 aromatic rings. The van der Waals surface area contributed by atoms with E-state index < -0.39 is 11.3 Å². The van der Waals surface area contributed by atoms with Crippen LogP contribution in [-0.2, 0) is 10.2 Å². The Hall–Kier alpha value is -3.00. The van der Waals surface area contributed by atoms with Crippen molar-refractivity contribution in [3.63, 3.8) is 0 Å². The number of hydrogen-bond donors (Lipinski definition) is 2. The molecule has 160 valence electrons. The maximum absolute atomic E-state index is 13.0. The van der Waals surface area contributed by atoms with Crippen molar-refractivity contribution in [1.29, 1.82) is 0 Å². The van der Waals surface area contributed by atoms with Gasteiger partial charge in [-0.15, -0.1) is 0 Å². The molecule has 0 bridgehead atoms. The van der Waals surface area contributed by atoms with Crippen LogP contribution in [0.5, 0.6) is 0 Å². The second-order valence-corrected chi connectivity index (χ2v) is 9.00. The van der Waals surface area contributed by atoms with Gasteiger partial charge >= 0.3 is 0 Å². The molecule has 1 aliphatic rings. The third-order valence-electron chi connectivity index (χ3n) is 5.86. The Morgan fingerprint density at radius 1 is 1.03 bits per heavy atom. The van der Waals surface area contributed by atoms with E-state index in [2.05, 4.69) is 31.9 Å². The Labute approximate surface area is 187 Å². The van der Waals surface area contributed by atoms with Crippen LogP contribution >= 0.6 is 15.9 Å². The monoisotopic (exact) mass is 482 g/mol. The predicted octanol–water partition coefficient (Wildman–Crippen LogP) is 3.62. The van der Waals surface area contributed by atoms with E-state index in [4.69, 9.17) is 0 Å². The lowest BCUT2D eigenvalue weighted by atomic mass is 9.64. The molecule has 0 radical (unpaired) electrons. The molecule has 0 aliphatic heterocycles. The van der Waals surface area contributed by atoms with Crippen LogP contribution in [0.25, 0.3) is 10.8 Å². The van der Waals surface area contributed by atoms with E-state index in [0.717, 1.165) is 29.3 Å². The number of halogens is 1. The van der Waals surface area contributed by atoms with Crippen molar-refractivity contribution in [2.24, 2.45) is 0 Å². The summed E-state index contributed by atoms with van der Waals surface area (Å²) in [5.74, 6) is -0.819. The molecule has 8 heteroatoms. The van der Waals surface area contributed by atoms with Gasteiger partial charge in [0.15, 0.2) is 5.69 Å². The molecule has 0 atom stereocenters. The lowest BCUT2D eigenvalue weighted by Crippen LogP contribution is -2.54. The van der Waals surface area contributed by atoms with Gasteiger partial charge in [-0.25, -0.2) is 4.68 Å². The smallest absolute Gasteiger partial charge is 0.272 e. The quantitative estimate of drug-likeness (QED) is 0.555. The molecule has 7 nitrogen and oxygen atoms in total. The Kier molecular flexibility index (Phi) is 5.66. The van der Waals surface area contributed by atoms with Crippen LogP contribution in [0.4, 0.5) is 0 Å². The number of nitrogens with zero attached hydrogens (tertiary/aromatic N) is 2. The van der Waals surface area contributed by atoms with Gasteiger partial charge in [-0.3, -0.25) is 25.2 Å². The highest BCUT2D eigenvalue weighted by Gasteiger charge is 2.45. The molecule has 0 unspecified atom stereocenters. The second kappa shape index (κ2) is 8.26. The van der Waals surface area contributed by atoms with Crippen molar-refractivity contribution >= 4 is 38.5 Å². The van der Waals surface area contributed by atoms with Crippen LogP contribution < -0.4 is 16.4 Å². The lowest BCUT2D eigenvalue weighted by Gasteiger charge is -2.40. The average Bonchev–Trinajstić information content (AvgIpc) is 2.72. The Morgan fingerprint density at radius 3 is 2.26 bits per heavy atom. The first kappa shape index (κ1) is 21.2. The van der Waals surface area contributed by atoms with Crippen molar-refractivity contribution < 1.29 is 9.59 Å². The molecule has 2 N–H and O–H groups in total. The molecule has 1 fully saturated rings. The summed E-state index contributed by atoms with van der Waals surface area (Å²) >= 11 is 3.42. The van der Waals surface area contributed by atoms with E-state index in [1.165, 1.54) is 4.68 Å². The zero-order chi connectivity index (χ0) is 22.2. The van der Waals surface area contributed by atoms with Crippen LogP contribution in [0.3, 0.4) is 0 Å². The Balaban J connectivity index is 1.60. The molecule has 0 saturated heterocycles. The van der Waals surface area contributed by atoms with Crippen LogP contribution in [-0.4, -0.2) is 21.6 Å². The van der Waals surface area contributed by atoms with Gasteiger partial charge in [0.25, 0.3) is 11.5 Å². The summed E-state index contributed by atoms with van der Waals surface area (Å²) in [6.07, 6.45) is 2.38. The van der Waals surface area contributed by atoms with Gasteiger partial charge in [-0.2, -0.15) is 5.10 Å². The van der Waals surface area contributed by atoms with Gasteiger partial charge in [0.2, 0.25) is 5.91 Å². The van der Waals surface area contributed by atoms with Crippen molar-refractivity contribution in [2.45, 2.75) is 44.6 Å². The molecule has 2 amide bonds. The molecule has 1 saturated carbocycles. The largest absolute Gasteiger partial charge is 0.290 e. The predicted molar refractivity (Wildman–Crippen MR) is 122 cm³/mol. The maximum atomic E-state index is 13.0. The summed E-state index contributed by atoms with van der Waals surface area (Å²) in [6.45, 7) is 3.65. The third-order valence-corrected chi connectivity index (χ3v) is 6.39. The first-order chi connectivity index (χ1) is 14.8. The number of hydrogen-bond acceptors (Lipinski definition) is 4. The minimum atomic E-state index is -0.653. The zero-order valence-electron chi connectivity index (χ0n) is 17.3. The van der Waals surface area contributed by atoms with E-state index in [-0.39, 0.29) is 23.2 Å². The fourth-order valence-electron chi connectivity index (χ4n) is 3.96. The molecule has 2 aromatic carbocycles. The van der Waals surface area contributed by atoms with E-state index in [1.807, 2.05) is 38.1 Å². The molecule has 4 rings (SSSR count). The van der Waals surface area contributed by atoms with Crippen LogP contribution in [0.15, 0.2) is 57.8 Å². The highest BCUT2D eigenvalue weighted by Crippen LogP contribution is 2.44. The molecule has 31 heavy (non-hydrogen) atoms. The fraction of sp³-hybridized carbons (Fsp3) is 0.304. The molecule has 1 aromatic heterocycles. The number of fused-ring (bicyclic) bond motifs is 1. The normalized spacial score (nSPS) is 14.8. The number of carbonyl (C=O) groups is 2. The van der Waals surface area contributed by atoms with E-state index in [9.17, 15) is 14.4 Å². The molecule has 1 aliphatic carbocycles. The highest BCUT2D eigenvalue weighted by molar-refractivity contribution is 9.10. The van der Waals surface area contributed by atoms with Crippen molar-refractivity contribution in [3.05, 3.63) is 74.6 Å². The van der Waals surface area contributed by atoms with Gasteiger partial charge in [-0.1, -0.05) is 52.7 Å². The zero-order valence-corrected chi connectivity index (χ0v) is 18.9. The van der Waals surface area contributed by atoms with Gasteiger partial charge in [0.1, 0.15) is 0 Å². The van der Waals surface area contributed by atoms with Gasteiger partial charge in [0.05, 0.1) is 16.8 Å². The van der Waals surface area contributed by atoms with Gasteiger partial charge in [-0.05, 0) is 50.5 Å². The number of aromatic nitrogens is 2. The maximum Gasteiger partial charge on any atom is 0.290 e. The number of nitrogens with one attached hydrogen (secondary N) is 2. The summed E-state index contributed by atoms with van der Waals surface area (Å²) < 4.78 is 2.23. The fourth-order valence-corrected chi connectivity index (χ4v) is 4.23.